The van der Waals surface area contributed by atoms with Crippen molar-refractivity contribution < 1.29 is 0 Å². The number of guanidine groups is 1. The van der Waals surface area contributed by atoms with Gasteiger partial charge < -0.3 is 9.80 Å². The lowest BCUT2D eigenvalue weighted by Crippen LogP contribution is -2.47. The molecule has 0 spiro atoms. The Hall–Kier alpha value is -0.730. The van der Waals surface area contributed by atoms with E-state index < -0.39 is 0 Å². The van der Waals surface area contributed by atoms with Gasteiger partial charge in [-0.25, -0.2) is 4.99 Å². The maximum atomic E-state index is 5.42. The first-order valence-electron chi connectivity index (χ1n) is 11.8. The predicted octanol–water partition coefficient (Wildman–Crippen LogP) is 6.48. The zero-order valence-electron chi connectivity index (χ0n) is 18.4. The van der Waals surface area contributed by atoms with Crippen molar-refractivity contribution in [2.24, 2.45) is 4.99 Å². The van der Waals surface area contributed by atoms with E-state index in [0.29, 0.717) is 6.04 Å². The minimum absolute atomic E-state index is 0.565. The molecule has 0 radical (unpaired) electrons. The van der Waals surface area contributed by atoms with Crippen molar-refractivity contribution in [3.05, 3.63) is 0 Å². The van der Waals surface area contributed by atoms with Crippen molar-refractivity contribution >= 4 is 5.96 Å². The van der Waals surface area contributed by atoms with Gasteiger partial charge in [0.1, 0.15) is 0 Å². The molecule has 0 atom stereocenters. The van der Waals surface area contributed by atoms with Crippen LogP contribution >= 0.6 is 0 Å². The molecular formula is C23H47N3. The van der Waals surface area contributed by atoms with Crippen LogP contribution in [0, 0.1) is 0 Å². The van der Waals surface area contributed by atoms with Gasteiger partial charge in [0.2, 0.25) is 0 Å². The van der Waals surface area contributed by atoms with Crippen LogP contribution in [0.4, 0.5) is 0 Å². The molecule has 26 heavy (non-hydrogen) atoms. The molecule has 0 aliphatic heterocycles. The van der Waals surface area contributed by atoms with Crippen molar-refractivity contribution in [2.75, 3.05) is 26.2 Å². The zero-order chi connectivity index (χ0) is 19.0. The monoisotopic (exact) mass is 365 g/mol. The van der Waals surface area contributed by atoms with Gasteiger partial charge in [-0.05, 0) is 38.5 Å². The first-order valence-corrected chi connectivity index (χ1v) is 11.8. The standard InChI is InChI=1S/C23H47N3/c1-5-9-18-25(19-10-6-2)23(24-22-16-14-13-15-17-22)26(20-11-7-3)21-12-8-4/h22H,5-21H2,1-4H3. The maximum absolute atomic E-state index is 5.42. The molecule has 0 N–H and O–H groups in total. The van der Waals surface area contributed by atoms with E-state index in [9.17, 15) is 0 Å². The minimum Gasteiger partial charge on any atom is -0.343 e. The summed E-state index contributed by atoms with van der Waals surface area (Å²) >= 11 is 0. The summed E-state index contributed by atoms with van der Waals surface area (Å²) in [6, 6.07) is 0.565. The van der Waals surface area contributed by atoms with E-state index in [-0.39, 0.29) is 0 Å². The molecule has 154 valence electrons. The van der Waals surface area contributed by atoms with Gasteiger partial charge in [-0.1, -0.05) is 72.6 Å². The Kier molecular flexibility index (Phi) is 13.8. The fourth-order valence-electron chi connectivity index (χ4n) is 3.76. The highest BCUT2D eigenvalue weighted by atomic mass is 15.4. The van der Waals surface area contributed by atoms with Gasteiger partial charge >= 0.3 is 0 Å². The van der Waals surface area contributed by atoms with Gasteiger partial charge in [-0.3, -0.25) is 0 Å². The predicted molar refractivity (Wildman–Crippen MR) is 117 cm³/mol. The summed E-state index contributed by atoms with van der Waals surface area (Å²) in [5.74, 6) is 1.35. The van der Waals surface area contributed by atoms with Crippen molar-refractivity contribution in [2.45, 2.75) is 117 Å². The van der Waals surface area contributed by atoms with Crippen molar-refractivity contribution in [1.82, 2.24) is 9.80 Å². The van der Waals surface area contributed by atoms with Gasteiger partial charge in [0.25, 0.3) is 0 Å². The highest BCUT2D eigenvalue weighted by molar-refractivity contribution is 5.80. The minimum atomic E-state index is 0.565. The third-order valence-electron chi connectivity index (χ3n) is 5.56. The summed E-state index contributed by atoms with van der Waals surface area (Å²) in [6.07, 6.45) is 16.9. The number of rotatable bonds is 13. The quantitative estimate of drug-likeness (QED) is 0.275. The van der Waals surface area contributed by atoms with E-state index in [1.165, 1.54) is 116 Å². The fourth-order valence-corrected chi connectivity index (χ4v) is 3.76. The van der Waals surface area contributed by atoms with E-state index >= 15 is 0 Å². The Bertz CT molecular complexity index is 309. The molecule has 1 aliphatic rings. The average Bonchev–Trinajstić information content (AvgIpc) is 2.68. The molecule has 3 heteroatoms. The lowest BCUT2D eigenvalue weighted by Gasteiger charge is -2.36. The molecule has 0 saturated heterocycles. The molecular weight excluding hydrogens is 318 g/mol. The van der Waals surface area contributed by atoms with Crippen molar-refractivity contribution in [3.8, 4) is 0 Å². The summed E-state index contributed by atoms with van der Waals surface area (Å²) < 4.78 is 0. The van der Waals surface area contributed by atoms with Crippen LogP contribution in [-0.2, 0) is 0 Å². The SMILES string of the molecule is CCCCN(CCCC)C(=NC1CCCCC1)N(CCCC)CCCC. The molecule has 0 bridgehead atoms. The zero-order valence-corrected chi connectivity index (χ0v) is 18.4. The maximum Gasteiger partial charge on any atom is 0.196 e. The number of nitrogens with zero attached hydrogens (tertiary/aromatic N) is 3. The van der Waals surface area contributed by atoms with Crippen LogP contribution in [0.15, 0.2) is 4.99 Å². The van der Waals surface area contributed by atoms with E-state index in [0.717, 1.165) is 0 Å². The average molecular weight is 366 g/mol. The van der Waals surface area contributed by atoms with E-state index in [1.807, 2.05) is 0 Å². The molecule has 0 aromatic heterocycles. The molecule has 1 fully saturated rings. The molecule has 0 aromatic rings. The first kappa shape index (κ1) is 23.3. The van der Waals surface area contributed by atoms with Crippen LogP contribution < -0.4 is 0 Å². The van der Waals surface area contributed by atoms with Crippen LogP contribution in [0.25, 0.3) is 0 Å². The summed E-state index contributed by atoms with van der Waals surface area (Å²) in [7, 11) is 0. The third-order valence-corrected chi connectivity index (χ3v) is 5.56. The van der Waals surface area contributed by atoms with Gasteiger partial charge in [0, 0.05) is 26.2 Å². The van der Waals surface area contributed by atoms with Crippen LogP contribution in [0.3, 0.4) is 0 Å². The van der Waals surface area contributed by atoms with E-state index in [2.05, 4.69) is 37.5 Å². The second-order valence-electron chi connectivity index (χ2n) is 8.11. The summed E-state index contributed by atoms with van der Waals surface area (Å²) in [5.41, 5.74) is 0. The largest absolute Gasteiger partial charge is 0.343 e. The number of hydrogen-bond acceptors (Lipinski definition) is 1. The number of unbranched alkanes of at least 4 members (excludes halogenated alkanes) is 4. The molecule has 0 unspecified atom stereocenters. The van der Waals surface area contributed by atoms with Crippen LogP contribution in [0.2, 0.25) is 0 Å². The molecule has 1 aliphatic carbocycles. The second-order valence-corrected chi connectivity index (χ2v) is 8.11. The van der Waals surface area contributed by atoms with Gasteiger partial charge in [0.15, 0.2) is 5.96 Å². The smallest absolute Gasteiger partial charge is 0.196 e. The fraction of sp³-hybridized carbons (Fsp3) is 0.957. The van der Waals surface area contributed by atoms with Gasteiger partial charge in [0.05, 0.1) is 6.04 Å². The van der Waals surface area contributed by atoms with Crippen LogP contribution in [0.1, 0.15) is 111 Å². The molecule has 3 nitrogen and oxygen atoms in total. The Labute approximate surface area is 164 Å². The molecule has 0 heterocycles. The van der Waals surface area contributed by atoms with Crippen LogP contribution in [0.5, 0.6) is 0 Å². The summed E-state index contributed by atoms with van der Waals surface area (Å²) in [4.78, 5) is 10.7. The Morgan fingerprint density at radius 3 is 1.38 bits per heavy atom. The molecule has 0 aromatic carbocycles. The Morgan fingerprint density at radius 2 is 1.04 bits per heavy atom. The van der Waals surface area contributed by atoms with Crippen molar-refractivity contribution in [1.29, 1.82) is 0 Å². The topological polar surface area (TPSA) is 18.8 Å². The number of aliphatic imine (C=N–C) groups is 1. The lowest BCUT2D eigenvalue weighted by molar-refractivity contribution is 0.294. The molecule has 1 saturated carbocycles. The molecule has 0 amide bonds. The summed E-state index contributed by atoms with van der Waals surface area (Å²) in [6.45, 7) is 13.9. The third kappa shape index (κ3) is 9.28. The summed E-state index contributed by atoms with van der Waals surface area (Å²) in [5, 5.41) is 0. The highest BCUT2D eigenvalue weighted by Gasteiger charge is 2.21. The van der Waals surface area contributed by atoms with Gasteiger partial charge in [-0.15, -0.1) is 0 Å². The lowest BCUT2D eigenvalue weighted by atomic mass is 9.96. The van der Waals surface area contributed by atoms with Crippen molar-refractivity contribution in [3.63, 3.8) is 0 Å². The Balaban J connectivity index is 3.01. The second kappa shape index (κ2) is 15.3. The van der Waals surface area contributed by atoms with Crippen LogP contribution in [-0.4, -0.2) is 48.0 Å². The highest BCUT2D eigenvalue weighted by Crippen LogP contribution is 2.22. The number of hydrogen-bond donors (Lipinski definition) is 0. The molecule has 1 rings (SSSR count). The van der Waals surface area contributed by atoms with E-state index in [4.69, 9.17) is 4.99 Å². The normalized spacial score (nSPS) is 15.1. The van der Waals surface area contributed by atoms with E-state index in [1.54, 1.807) is 0 Å². The first-order chi connectivity index (χ1) is 12.8. The van der Waals surface area contributed by atoms with Gasteiger partial charge in [-0.2, -0.15) is 0 Å². The Morgan fingerprint density at radius 1 is 0.654 bits per heavy atom.